The maximum atomic E-state index is 12.5. The zero-order chi connectivity index (χ0) is 17.8. The molecule has 3 rings (SSSR count). The third-order valence-electron chi connectivity index (χ3n) is 4.41. The Bertz CT molecular complexity index is 743. The molecule has 0 aromatic heterocycles. The van der Waals surface area contributed by atoms with Crippen LogP contribution < -0.4 is 10.2 Å². The highest BCUT2D eigenvalue weighted by Gasteiger charge is 2.15. The van der Waals surface area contributed by atoms with Crippen molar-refractivity contribution in [3.8, 4) is 0 Å². The molecule has 0 bridgehead atoms. The van der Waals surface area contributed by atoms with Gasteiger partial charge >= 0.3 is 0 Å². The number of anilines is 2. The molecule has 6 heteroatoms. The number of carbonyl (C=O) groups is 1. The molecule has 2 aromatic rings. The quantitative estimate of drug-likeness (QED) is 0.817. The zero-order valence-electron chi connectivity index (χ0n) is 14.5. The minimum absolute atomic E-state index is 0.187. The molecule has 132 valence electrons. The number of piperazine rings is 1. The van der Waals surface area contributed by atoms with Crippen molar-refractivity contribution < 1.29 is 4.79 Å². The molecular weight excluding hydrogens is 354 g/mol. The van der Waals surface area contributed by atoms with Crippen LogP contribution in [0.2, 0.25) is 5.02 Å². The summed E-state index contributed by atoms with van der Waals surface area (Å²) < 4.78 is 0. The van der Waals surface area contributed by atoms with Crippen molar-refractivity contribution in [1.29, 1.82) is 0 Å². The van der Waals surface area contributed by atoms with Crippen molar-refractivity contribution in [3.05, 3.63) is 53.1 Å². The average Bonchev–Trinajstić information content (AvgIpc) is 2.63. The number of amides is 1. The van der Waals surface area contributed by atoms with Gasteiger partial charge in [-0.05, 0) is 55.8 Å². The predicted octanol–water partition coefficient (Wildman–Crippen LogP) is 4.07. The van der Waals surface area contributed by atoms with Crippen molar-refractivity contribution in [2.45, 2.75) is 4.90 Å². The van der Waals surface area contributed by atoms with Crippen LogP contribution in [0.5, 0.6) is 0 Å². The lowest BCUT2D eigenvalue weighted by Crippen LogP contribution is -2.44. The van der Waals surface area contributed by atoms with E-state index in [2.05, 4.69) is 34.3 Å². The molecule has 1 heterocycles. The summed E-state index contributed by atoms with van der Waals surface area (Å²) >= 11 is 7.76. The number of rotatable bonds is 4. The highest BCUT2D eigenvalue weighted by Crippen LogP contribution is 2.25. The fraction of sp³-hybridized carbons (Fsp3) is 0.316. The molecule has 0 saturated carbocycles. The Morgan fingerprint density at radius 1 is 1.08 bits per heavy atom. The second kappa shape index (κ2) is 8.13. The fourth-order valence-electron chi connectivity index (χ4n) is 2.82. The summed E-state index contributed by atoms with van der Waals surface area (Å²) in [6, 6.07) is 13.5. The lowest BCUT2D eigenvalue weighted by Gasteiger charge is -2.34. The van der Waals surface area contributed by atoms with Crippen molar-refractivity contribution in [3.63, 3.8) is 0 Å². The monoisotopic (exact) mass is 375 g/mol. The predicted molar refractivity (Wildman–Crippen MR) is 107 cm³/mol. The van der Waals surface area contributed by atoms with Crippen LogP contribution in [-0.4, -0.2) is 50.3 Å². The van der Waals surface area contributed by atoms with Gasteiger partial charge in [-0.1, -0.05) is 11.6 Å². The Morgan fingerprint density at radius 2 is 1.76 bits per heavy atom. The zero-order valence-corrected chi connectivity index (χ0v) is 16.0. The average molecular weight is 376 g/mol. The molecule has 4 nitrogen and oxygen atoms in total. The number of likely N-dealkylation sites (N-methyl/N-ethyl adjacent to an activating group) is 1. The summed E-state index contributed by atoms with van der Waals surface area (Å²) in [6.07, 6.45) is 1.97. The molecule has 2 aromatic carbocycles. The first-order valence-corrected chi connectivity index (χ1v) is 9.85. The van der Waals surface area contributed by atoms with Crippen LogP contribution >= 0.6 is 23.4 Å². The van der Waals surface area contributed by atoms with E-state index in [0.717, 1.165) is 36.8 Å². The van der Waals surface area contributed by atoms with Gasteiger partial charge in [0.25, 0.3) is 5.91 Å². The van der Waals surface area contributed by atoms with E-state index in [4.69, 9.17) is 11.6 Å². The van der Waals surface area contributed by atoms with E-state index >= 15 is 0 Å². The minimum Gasteiger partial charge on any atom is -0.369 e. The fourth-order valence-corrected chi connectivity index (χ4v) is 3.47. The van der Waals surface area contributed by atoms with Crippen LogP contribution in [0.15, 0.2) is 47.4 Å². The van der Waals surface area contributed by atoms with Gasteiger partial charge in [-0.15, -0.1) is 11.8 Å². The van der Waals surface area contributed by atoms with E-state index in [9.17, 15) is 4.79 Å². The SMILES string of the molecule is CSc1ccc(Cl)c(C(=O)Nc2ccc(N3CCN(C)CC3)cc2)c1. The van der Waals surface area contributed by atoms with E-state index in [1.807, 2.05) is 30.5 Å². The highest BCUT2D eigenvalue weighted by molar-refractivity contribution is 7.98. The van der Waals surface area contributed by atoms with Gasteiger partial charge in [0.1, 0.15) is 0 Å². The first-order chi connectivity index (χ1) is 12.1. The molecule has 0 aliphatic carbocycles. The number of thioether (sulfide) groups is 1. The largest absolute Gasteiger partial charge is 0.369 e. The molecule has 25 heavy (non-hydrogen) atoms. The van der Waals surface area contributed by atoms with E-state index in [-0.39, 0.29) is 5.91 Å². The smallest absolute Gasteiger partial charge is 0.257 e. The summed E-state index contributed by atoms with van der Waals surface area (Å²) in [6.45, 7) is 4.20. The summed E-state index contributed by atoms with van der Waals surface area (Å²) in [5.41, 5.74) is 2.46. The molecule has 1 fully saturated rings. The Hall–Kier alpha value is -1.69. The van der Waals surface area contributed by atoms with Crippen LogP contribution in [0.4, 0.5) is 11.4 Å². The number of carbonyl (C=O) groups excluding carboxylic acids is 1. The number of benzene rings is 2. The van der Waals surface area contributed by atoms with Crippen molar-refractivity contribution >= 4 is 40.6 Å². The summed E-state index contributed by atoms with van der Waals surface area (Å²) in [4.78, 5) is 18.2. The maximum Gasteiger partial charge on any atom is 0.257 e. The topological polar surface area (TPSA) is 35.6 Å². The molecule has 0 radical (unpaired) electrons. The van der Waals surface area contributed by atoms with Crippen LogP contribution in [-0.2, 0) is 0 Å². The van der Waals surface area contributed by atoms with Crippen LogP contribution in [0.1, 0.15) is 10.4 Å². The van der Waals surface area contributed by atoms with E-state index in [1.165, 1.54) is 5.69 Å². The van der Waals surface area contributed by atoms with Gasteiger partial charge in [-0.2, -0.15) is 0 Å². The highest BCUT2D eigenvalue weighted by atomic mass is 35.5. The molecular formula is C19H22ClN3OS. The molecule has 1 aliphatic rings. The Labute approximate surface area is 158 Å². The molecule has 1 N–H and O–H groups in total. The number of hydrogen-bond acceptors (Lipinski definition) is 4. The van der Waals surface area contributed by atoms with Gasteiger partial charge in [0.15, 0.2) is 0 Å². The minimum atomic E-state index is -0.187. The molecule has 0 spiro atoms. The van der Waals surface area contributed by atoms with Gasteiger partial charge in [0.2, 0.25) is 0 Å². The van der Waals surface area contributed by atoms with Gasteiger partial charge < -0.3 is 15.1 Å². The van der Waals surface area contributed by atoms with Crippen LogP contribution in [0.3, 0.4) is 0 Å². The first-order valence-electron chi connectivity index (χ1n) is 8.25. The van der Waals surface area contributed by atoms with E-state index < -0.39 is 0 Å². The molecule has 1 saturated heterocycles. The molecule has 1 amide bonds. The summed E-state index contributed by atoms with van der Waals surface area (Å²) in [5.74, 6) is -0.187. The van der Waals surface area contributed by atoms with Gasteiger partial charge in [-0.25, -0.2) is 0 Å². The number of nitrogens with one attached hydrogen (secondary N) is 1. The van der Waals surface area contributed by atoms with Crippen LogP contribution in [0, 0.1) is 0 Å². The lowest BCUT2D eigenvalue weighted by atomic mass is 10.2. The standard InChI is InChI=1S/C19H22ClN3OS/c1-22-9-11-23(12-10-22)15-5-3-14(4-6-15)21-19(24)17-13-16(25-2)7-8-18(17)20/h3-8,13H,9-12H2,1-2H3,(H,21,24). The number of halogens is 1. The van der Waals surface area contributed by atoms with Crippen molar-refractivity contribution in [1.82, 2.24) is 4.90 Å². The third kappa shape index (κ3) is 4.48. The molecule has 0 unspecified atom stereocenters. The van der Waals surface area contributed by atoms with Crippen LogP contribution in [0.25, 0.3) is 0 Å². The Balaban J connectivity index is 1.68. The summed E-state index contributed by atoms with van der Waals surface area (Å²) in [7, 11) is 2.15. The van der Waals surface area contributed by atoms with Gasteiger partial charge in [0, 0.05) is 42.4 Å². The maximum absolute atomic E-state index is 12.5. The van der Waals surface area contributed by atoms with Gasteiger partial charge in [0.05, 0.1) is 10.6 Å². The van der Waals surface area contributed by atoms with Crippen molar-refractivity contribution in [2.75, 3.05) is 49.7 Å². The Kier molecular flexibility index (Phi) is 5.89. The second-order valence-corrected chi connectivity index (χ2v) is 7.42. The Morgan fingerprint density at radius 3 is 2.40 bits per heavy atom. The first kappa shape index (κ1) is 18.1. The molecule has 0 atom stereocenters. The lowest BCUT2D eigenvalue weighted by molar-refractivity contribution is 0.102. The molecule has 1 aliphatic heterocycles. The number of nitrogens with zero attached hydrogens (tertiary/aromatic N) is 2. The van der Waals surface area contributed by atoms with Crippen molar-refractivity contribution in [2.24, 2.45) is 0 Å². The number of hydrogen-bond donors (Lipinski definition) is 1. The van der Waals surface area contributed by atoms with E-state index in [0.29, 0.717) is 10.6 Å². The van der Waals surface area contributed by atoms with E-state index in [1.54, 1.807) is 17.8 Å². The third-order valence-corrected chi connectivity index (χ3v) is 5.47. The van der Waals surface area contributed by atoms with Gasteiger partial charge in [-0.3, -0.25) is 4.79 Å². The normalized spacial score (nSPS) is 15.2. The summed E-state index contributed by atoms with van der Waals surface area (Å²) in [5, 5.41) is 3.39. The second-order valence-electron chi connectivity index (χ2n) is 6.14.